The van der Waals surface area contributed by atoms with Crippen molar-refractivity contribution in [1.82, 2.24) is 4.98 Å². The molecule has 1 aromatic carbocycles. The first kappa shape index (κ1) is 12.4. The quantitative estimate of drug-likeness (QED) is 0.839. The number of rotatable bonds is 3. The van der Waals surface area contributed by atoms with Gasteiger partial charge in [-0.2, -0.15) is 0 Å². The minimum atomic E-state index is 0.454. The molecule has 17 heavy (non-hydrogen) atoms. The molecule has 4 heteroatoms. The van der Waals surface area contributed by atoms with Crippen molar-refractivity contribution >= 4 is 27.5 Å². The van der Waals surface area contributed by atoms with Gasteiger partial charge in [0.2, 0.25) is 5.88 Å². The molecule has 1 heterocycles. The Labute approximate surface area is 114 Å². The van der Waals surface area contributed by atoms with E-state index in [0.29, 0.717) is 17.5 Å². The lowest BCUT2D eigenvalue weighted by Gasteiger charge is -2.07. The molecular formula is C13H11BrClNO. The van der Waals surface area contributed by atoms with E-state index in [4.69, 9.17) is 16.3 Å². The summed E-state index contributed by atoms with van der Waals surface area (Å²) in [4.78, 5) is 4.11. The fourth-order valence-electron chi connectivity index (χ4n) is 1.34. The summed E-state index contributed by atoms with van der Waals surface area (Å²) < 4.78 is 6.39. The molecule has 1 aromatic heterocycles. The average molecular weight is 313 g/mol. The fraction of sp³-hybridized carbons (Fsp3) is 0.154. The van der Waals surface area contributed by atoms with Gasteiger partial charge in [-0.05, 0) is 34.5 Å². The van der Waals surface area contributed by atoms with E-state index in [0.717, 1.165) is 10.0 Å². The van der Waals surface area contributed by atoms with Crippen LogP contribution in [-0.4, -0.2) is 4.98 Å². The normalized spacial score (nSPS) is 10.3. The molecule has 2 nitrogen and oxygen atoms in total. The SMILES string of the molecule is Cc1ccc(COc2ncc(Br)cc2Cl)cc1. The average Bonchev–Trinajstić information content (AvgIpc) is 2.30. The van der Waals surface area contributed by atoms with E-state index >= 15 is 0 Å². The summed E-state index contributed by atoms with van der Waals surface area (Å²) in [5.41, 5.74) is 2.32. The number of hydrogen-bond donors (Lipinski definition) is 0. The largest absolute Gasteiger partial charge is 0.472 e. The molecule has 0 aliphatic carbocycles. The van der Waals surface area contributed by atoms with Crippen LogP contribution in [0.15, 0.2) is 41.0 Å². The molecule has 0 aliphatic rings. The second-order valence-electron chi connectivity index (χ2n) is 3.71. The van der Waals surface area contributed by atoms with Gasteiger partial charge in [-0.15, -0.1) is 0 Å². The second kappa shape index (κ2) is 5.52. The Kier molecular flexibility index (Phi) is 4.02. The van der Waals surface area contributed by atoms with Crippen LogP contribution in [-0.2, 0) is 6.61 Å². The number of nitrogens with zero attached hydrogens (tertiary/aromatic N) is 1. The van der Waals surface area contributed by atoms with E-state index in [1.807, 2.05) is 12.1 Å². The van der Waals surface area contributed by atoms with Crippen molar-refractivity contribution in [1.29, 1.82) is 0 Å². The third-order valence-corrected chi connectivity index (χ3v) is 2.97. The number of aromatic nitrogens is 1. The fourth-order valence-corrected chi connectivity index (χ4v) is 2.03. The van der Waals surface area contributed by atoms with Gasteiger partial charge in [0.25, 0.3) is 0 Å². The first-order valence-corrected chi connectivity index (χ1v) is 6.31. The molecule has 0 amide bonds. The van der Waals surface area contributed by atoms with Gasteiger partial charge in [-0.25, -0.2) is 4.98 Å². The molecule has 0 atom stereocenters. The Balaban J connectivity index is 2.04. The standard InChI is InChI=1S/C13H11BrClNO/c1-9-2-4-10(5-3-9)8-17-13-12(15)6-11(14)7-16-13/h2-7H,8H2,1H3. The molecule has 0 aliphatic heterocycles. The number of halogens is 2. The van der Waals surface area contributed by atoms with Crippen LogP contribution >= 0.6 is 27.5 Å². The molecule has 0 unspecified atom stereocenters. The maximum Gasteiger partial charge on any atom is 0.232 e. The Morgan fingerprint density at radius 2 is 2.00 bits per heavy atom. The third-order valence-electron chi connectivity index (χ3n) is 2.27. The summed E-state index contributed by atoms with van der Waals surface area (Å²) in [6, 6.07) is 9.92. The van der Waals surface area contributed by atoms with E-state index in [1.54, 1.807) is 12.3 Å². The lowest BCUT2D eigenvalue weighted by atomic mass is 10.2. The smallest absolute Gasteiger partial charge is 0.232 e. The topological polar surface area (TPSA) is 22.1 Å². The van der Waals surface area contributed by atoms with Crippen molar-refractivity contribution in [2.75, 3.05) is 0 Å². The highest BCUT2D eigenvalue weighted by Crippen LogP contribution is 2.25. The van der Waals surface area contributed by atoms with Gasteiger partial charge >= 0.3 is 0 Å². The van der Waals surface area contributed by atoms with Crippen LogP contribution in [0.25, 0.3) is 0 Å². The Morgan fingerprint density at radius 1 is 1.29 bits per heavy atom. The molecular weight excluding hydrogens is 302 g/mol. The minimum Gasteiger partial charge on any atom is -0.472 e. The van der Waals surface area contributed by atoms with Crippen LogP contribution < -0.4 is 4.74 Å². The molecule has 0 spiro atoms. The lowest BCUT2D eigenvalue weighted by Crippen LogP contribution is -1.97. The van der Waals surface area contributed by atoms with Crippen molar-refractivity contribution in [3.63, 3.8) is 0 Å². The number of aryl methyl sites for hydroxylation is 1. The molecule has 2 aromatic rings. The van der Waals surface area contributed by atoms with Crippen LogP contribution in [0.5, 0.6) is 5.88 Å². The second-order valence-corrected chi connectivity index (χ2v) is 5.04. The highest BCUT2D eigenvalue weighted by molar-refractivity contribution is 9.10. The lowest BCUT2D eigenvalue weighted by molar-refractivity contribution is 0.294. The maximum absolute atomic E-state index is 6.00. The van der Waals surface area contributed by atoms with Gasteiger partial charge in [0, 0.05) is 10.7 Å². The van der Waals surface area contributed by atoms with Crippen molar-refractivity contribution in [2.24, 2.45) is 0 Å². The van der Waals surface area contributed by atoms with Crippen LogP contribution in [0.3, 0.4) is 0 Å². The molecule has 0 fully saturated rings. The minimum absolute atomic E-state index is 0.454. The van der Waals surface area contributed by atoms with Gasteiger partial charge in [0.1, 0.15) is 11.6 Å². The Morgan fingerprint density at radius 3 is 2.65 bits per heavy atom. The highest BCUT2D eigenvalue weighted by Gasteiger charge is 2.04. The van der Waals surface area contributed by atoms with Crippen molar-refractivity contribution in [3.8, 4) is 5.88 Å². The van der Waals surface area contributed by atoms with Crippen LogP contribution in [0.2, 0.25) is 5.02 Å². The summed E-state index contributed by atoms with van der Waals surface area (Å²) in [7, 11) is 0. The molecule has 0 radical (unpaired) electrons. The van der Waals surface area contributed by atoms with Gasteiger partial charge in [0.05, 0.1) is 0 Å². The summed E-state index contributed by atoms with van der Waals surface area (Å²) in [6.07, 6.45) is 1.66. The highest BCUT2D eigenvalue weighted by atomic mass is 79.9. The summed E-state index contributed by atoms with van der Waals surface area (Å²) in [5.74, 6) is 0.454. The van der Waals surface area contributed by atoms with Crippen molar-refractivity contribution < 1.29 is 4.74 Å². The van der Waals surface area contributed by atoms with Crippen molar-refractivity contribution in [2.45, 2.75) is 13.5 Å². The number of ether oxygens (including phenoxy) is 1. The van der Waals surface area contributed by atoms with Crippen LogP contribution in [0, 0.1) is 6.92 Å². The monoisotopic (exact) mass is 311 g/mol. The van der Waals surface area contributed by atoms with Crippen molar-refractivity contribution in [3.05, 3.63) is 57.2 Å². The van der Waals surface area contributed by atoms with Gasteiger partial charge < -0.3 is 4.74 Å². The molecule has 0 bridgehead atoms. The Hall–Kier alpha value is -1.06. The molecule has 2 rings (SSSR count). The predicted molar refractivity (Wildman–Crippen MR) is 72.5 cm³/mol. The number of pyridine rings is 1. The van der Waals surface area contributed by atoms with Gasteiger partial charge in [0.15, 0.2) is 0 Å². The van der Waals surface area contributed by atoms with E-state index in [-0.39, 0.29) is 0 Å². The zero-order valence-electron chi connectivity index (χ0n) is 9.28. The first-order valence-electron chi connectivity index (χ1n) is 5.14. The first-order chi connectivity index (χ1) is 8.15. The Bertz CT molecular complexity index is 513. The van der Waals surface area contributed by atoms with Gasteiger partial charge in [-0.1, -0.05) is 41.4 Å². The zero-order valence-corrected chi connectivity index (χ0v) is 11.6. The third kappa shape index (κ3) is 3.45. The molecule has 0 N–H and O–H groups in total. The molecule has 0 saturated heterocycles. The maximum atomic E-state index is 6.00. The number of benzene rings is 1. The summed E-state index contributed by atoms with van der Waals surface area (Å²) in [5, 5.41) is 0.506. The summed E-state index contributed by atoms with van der Waals surface area (Å²) in [6.45, 7) is 2.52. The predicted octanol–water partition coefficient (Wildman–Crippen LogP) is 4.38. The van der Waals surface area contributed by atoms with Gasteiger partial charge in [-0.3, -0.25) is 0 Å². The van der Waals surface area contributed by atoms with E-state index in [2.05, 4.69) is 40.0 Å². The van der Waals surface area contributed by atoms with E-state index in [1.165, 1.54) is 5.56 Å². The zero-order chi connectivity index (χ0) is 12.3. The molecule has 88 valence electrons. The van der Waals surface area contributed by atoms with Crippen LogP contribution in [0.1, 0.15) is 11.1 Å². The molecule has 0 saturated carbocycles. The number of hydrogen-bond acceptors (Lipinski definition) is 2. The van der Waals surface area contributed by atoms with E-state index < -0.39 is 0 Å². The van der Waals surface area contributed by atoms with Crippen LogP contribution in [0.4, 0.5) is 0 Å². The van der Waals surface area contributed by atoms with E-state index in [9.17, 15) is 0 Å². The summed E-state index contributed by atoms with van der Waals surface area (Å²) >= 11 is 9.30.